The highest BCUT2D eigenvalue weighted by Crippen LogP contribution is 2.36. The van der Waals surface area contributed by atoms with Gasteiger partial charge in [-0.1, -0.05) is 41.9 Å². The van der Waals surface area contributed by atoms with Gasteiger partial charge in [0.1, 0.15) is 0 Å². The molecule has 29 heavy (non-hydrogen) atoms. The van der Waals surface area contributed by atoms with Gasteiger partial charge in [-0.3, -0.25) is 4.79 Å². The number of hydrogen-bond donors (Lipinski definition) is 3. The van der Waals surface area contributed by atoms with Crippen LogP contribution in [0.25, 0.3) is 11.4 Å². The summed E-state index contributed by atoms with van der Waals surface area (Å²) in [5.41, 5.74) is 10.1. The summed E-state index contributed by atoms with van der Waals surface area (Å²) in [5.74, 6) is 0.767. The van der Waals surface area contributed by atoms with Crippen molar-refractivity contribution in [1.29, 1.82) is 0 Å². The minimum atomic E-state index is -0.600. The fourth-order valence-corrected chi connectivity index (χ4v) is 3.15. The van der Waals surface area contributed by atoms with Gasteiger partial charge in [-0.25, -0.2) is 9.77 Å². The highest BCUT2D eigenvalue weighted by molar-refractivity contribution is 7.71. The van der Waals surface area contributed by atoms with Crippen molar-refractivity contribution >= 4 is 29.7 Å². The monoisotopic (exact) mass is 433 g/mol. The van der Waals surface area contributed by atoms with Crippen LogP contribution in [-0.4, -0.2) is 34.0 Å². The van der Waals surface area contributed by atoms with Crippen LogP contribution in [0.15, 0.2) is 42.5 Å². The molecule has 1 heterocycles. The number of nitrogens with one attached hydrogen (secondary N) is 2. The van der Waals surface area contributed by atoms with Crippen molar-refractivity contribution in [2.24, 2.45) is 5.73 Å². The molecule has 1 amide bonds. The fraction of sp³-hybridized carbons (Fsp3) is 0.211. The molecule has 0 bridgehead atoms. The number of carbonyl (C=O) groups excluding carboxylic acids is 1. The SMILES string of the molecule is CCOc1cc(CNn2c(-c3ccccc3)n[nH]c2=S)cc(Cl)c1OCC(N)=O. The number of carbonyl (C=O) groups is 1. The summed E-state index contributed by atoms with van der Waals surface area (Å²) in [4.78, 5) is 11.0. The van der Waals surface area contributed by atoms with Crippen molar-refractivity contribution in [3.8, 4) is 22.9 Å². The van der Waals surface area contributed by atoms with Crippen LogP contribution in [0.5, 0.6) is 11.5 Å². The standard InChI is InChI=1S/C19H20ClN5O3S/c1-2-27-15-9-12(8-14(20)17(15)28-11-16(21)26)10-22-25-18(23-24-19(25)29)13-6-4-3-5-7-13/h3-9,22H,2,10-11H2,1H3,(H2,21,26)(H,24,29). The molecule has 0 saturated carbocycles. The molecule has 3 rings (SSSR count). The van der Waals surface area contributed by atoms with Crippen molar-refractivity contribution in [2.75, 3.05) is 18.6 Å². The molecule has 0 aliphatic heterocycles. The zero-order valence-electron chi connectivity index (χ0n) is 15.6. The lowest BCUT2D eigenvalue weighted by atomic mass is 10.2. The number of ether oxygens (including phenoxy) is 2. The molecule has 0 radical (unpaired) electrons. The van der Waals surface area contributed by atoms with Gasteiger partial charge in [0.25, 0.3) is 5.91 Å². The lowest BCUT2D eigenvalue weighted by molar-refractivity contribution is -0.119. The van der Waals surface area contributed by atoms with E-state index >= 15 is 0 Å². The van der Waals surface area contributed by atoms with Crippen LogP contribution < -0.4 is 20.6 Å². The van der Waals surface area contributed by atoms with Gasteiger partial charge in [-0.15, -0.1) is 0 Å². The van der Waals surface area contributed by atoms with Crippen molar-refractivity contribution in [3.05, 3.63) is 57.8 Å². The maximum Gasteiger partial charge on any atom is 0.255 e. The Bertz CT molecular complexity index is 1050. The molecule has 4 N–H and O–H groups in total. The Morgan fingerprint density at radius 3 is 2.76 bits per heavy atom. The fourth-order valence-electron chi connectivity index (χ4n) is 2.66. The van der Waals surface area contributed by atoms with Crippen molar-refractivity contribution in [3.63, 3.8) is 0 Å². The second kappa shape index (κ2) is 9.44. The number of benzene rings is 2. The Morgan fingerprint density at radius 2 is 2.07 bits per heavy atom. The molecule has 0 atom stereocenters. The molecule has 0 saturated heterocycles. The Morgan fingerprint density at radius 1 is 1.31 bits per heavy atom. The molecule has 0 aliphatic carbocycles. The third-order valence-electron chi connectivity index (χ3n) is 3.87. The molecular weight excluding hydrogens is 414 g/mol. The van der Waals surface area contributed by atoms with Gasteiger partial charge in [-0.2, -0.15) is 5.10 Å². The first kappa shape index (κ1) is 20.7. The highest BCUT2D eigenvalue weighted by atomic mass is 35.5. The largest absolute Gasteiger partial charge is 0.490 e. The molecule has 0 fully saturated rings. The third kappa shape index (κ3) is 5.07. The Balaban J connectivity index is 1.84. The molecule has 0 unspecified atom stereocenters. The quantitative estimate of drug-likeness (QED) is 0.447. The minimum absolute atomic E-state index is 0.279. The van der Waals surface area contributed by atoms with Crippen molar-refractivity contribution in [1.82, 2.24) is 14.9 Å². The first-order chi connectivity index (χ1) is 14.0. The van der Waals surface area contributed by atoms with Gasteiger partial charge in [-0.05, 0) is 36.8 Å². The highest BCUT2D eigenvalue weighted by Gasteiger charge is 2.15. The van der Waals surface area contributed by atoms with Crippen LogP contribution in [-0.2, 0) is 11.3 Å². The predicted octanol–water partition coefficient (Wildman–Crippen LogP) is 3.27. The summed E-state index contributed by atoms with van der Waals surface area (Å²) in [6, 6.07) is 13.2. The Hall–Kier alpha value is -3.04. The second-order valence-electron chi connectivity index (χ2n) is 5.98. The topological polar surface area (TPSA) is 107 Å². The van der Waals surface area contributed by atoms with E-state index in [-0.39, 0.29) is 12.4 Å². The summed E-state index contributed by atoms with van der Waals surface area (Å²) in [6.45, 7) is 2.35. The normalized spacial score (nSPS) is 10.6. The van der Waals surface area contributed by atoms with Gasteiger partial charge in [0.15, 0.2) is 23.9 Å². The molecule has 2 aromatic carbocycles. The lowest BCUT2D eigenvalue weighted by Gasteiger charge is -2.15. The number of aromatic nitrogens is 3. The molecule has 8 nitrogen and oxygen atoms in total. The second-order valence-corrected chi connectivity index (χ2v) is 6.78. The van der Waals surface area contributed by atoms with Crippen LogP contribution >= 0.6 is 23.8 Å². The molecule has 0 aliphatic rings. The maximum atomic E-state index is 11.0. The summed E-state index contributed by atoms with van der Waals surface area (Å²) >= 11 is 11.7. The van der Waals surface area contributed by atoms with Crippen molar-refractivity contribution < 1.29 is 14.3 Å². The summed E-state index contributed by atoms with van der Waals surface area (Å²) in [5, 5.41) is 7.39. The zero-order chi connectivity index (χ0) is 20.8. The van der Waals surface area contributed by atoms with Crippen LogP contribution in [0.3, 0.4) is 0 Å². The number of primary amides is 1. The van der Waals surface area contributed by atoms with Gasteiger partial charge >= 0.3 is 0 Å². The molecule has 1 aromatic heterocycles. The average molecular weight is 434 g/mol. The number of halogens is 1. The molecule has 3 aromatic rings. The number of nitrogens with zero attached hydrogens (tertiary/aromatic N) is 2. The maximum absolute atomic E-state index is 11.0. The minimum Gasteiger partial charge on any atom is -0.490 e. The first-order valence-electron chi connectivity index (χ1n) is 8.82. The average Bonchev–Trinajstić information content (AvgIpc) is 3.07. The summed E-state index contributed by atoms with van der Waals surface area (Å²) in [6.07, 6.45) is 0. The van der Waals surface area contributed by atoms with Crippen molar-refractivity contribution in [2.45, 2.75) is 13.5 Å². The van der Waals surface area contributed by atoms with E-state index in [0.29, 0.717) is 34.5 Å². The molecule has 0 spiro atoms. The lowest BCUT2D eigenvalue weighted by Crippen LogP contribution is -2.20. The molecule has 10 heteroatoms. The third-order valence-corrected chi connectivity index (χ3v) is 4.43. The summed E-state index contributed by atoms with van der Waals surface area (Å²) in [7, 11) is 0. The number of rotatable bonds is 9. The van der Waals surface area contributed by atoms with E-state index in [1.165, 1.54) is 0 Å². The van der Waals surface area contributed by atoms with Gasteiger partial charge in [0, 0.05) is 5.56 Å². The van der Waals surface area contributed by atoms with Gasteiger partial charge in [0.05, 0.1) is 18.2 Å². The molecule has 152 valence electrons. The van der Waals surface area contributed by atoms with E-state index in [4.69, 9.17) is 39.0 Å². The summed E-state index contributed by atoms with van der Waals surface area (Å²) < 4.78 is 13.1. The number of hydrogen-bond acceptors (Lipinski definition) is 6. The first-order valence-corrected chi connectivity index (χ1v) is 9.61. The zero-order valence-corrected chi connectivity index (χ0v) is 17.2. The number of aromatic amines is 1. The van der Waals surface area contributed by atoms with Gasteiger partial charge in [0.2, 0.25) is 4.77 Å². The number of amides is 1. The van der Waals surface area contributed by atoms with E-state index in [2.05, 4.69) is 15.6 Å². The van der Waals surface area contributed by atoms with E-state index in [9.17, 15) is 4.79 Å². The molecular formula is C19H20ClN5O3S. The van der Waals surface area contributed by atoms with Crippen LogP contribution in [0.4, 0.5) is 0 Å². The van der Waals surface area contributed by atoms with Crippen LogP contribution in [0.1, 0.15) is 12.5 Å². The van der Waals surface area contributed by atoms with E-state index in [0.717, 1.165) is 11.1 Å². The van der Waals surface area contributed by atoms with Gasteiger partial charge < -0.3 is 20.6 Å². The Labute approximate surface area is 177 Å². The van der Waals surface area contributed by atoms with E-state index in [1.54, 1.807) is 16.8 Å². The Kier molecular flexibility index (Phi) is 6.73. The number of H-pyrrole nitrogens is 1. The predicted molar refractivity (Wildman–Crippen MR) is 113 cm³/mol. The van der Waals surface area contributed by atoms with E-state index < -0.39 is 5.91 Å². The van der Waals surface area contributed by atoms with Crippen LogP contribution in [0.2, 0.25) is 5.02 Å². The van der Waals surface area contributed by atoms with E-state index in [1.807, 2.05) is 37.3 Å². The van der Waals surface area contributed by atoms with Crippen LogP contribution in [0, 0.1) is 4.77 Å². The number of nitrogens with two attached hydrogens (primary N) is 1. The smallest absolute Gasteiger partial charge is 0.255 e.